The van der Waals surface area contributed by atoms with Crippen molar-refractivity contribution in [2.75, 3.05) is 7.11 Å². The second-order valence-electron chi connectivity index (χ2n) is 4.32. The lowest BCUT2D eigenvalue weighted by atomic mass is 10.2. The van der Waals surface area contributed by atoms with Gasteiger partial charge in [-0.1, -0.05) is 35.3 Å². The van der Waals surface area contributed by atoms with Gasteiger partial charge >= 0.3 is 0 Å². The van der Waals surface area contributed by atoms with E-state index in [0.717, 1.165) is 15.4 Å². The van der Waals surface area contributed by atoms with Crippen LogP contribution in [0.2, 0.25) is 10.2 Å². The predicted octanol–water partition coefficient (Wildman–Crippen LogP) is 5.37. The minimum atomic E-state index is 0.365. The number of hydrogen-bond donors (Lipinski definition) is 0. The van der Waals surface area contributed by atoms with Crippen molar-refractivity contribution >= 4 is 50.0 Å². The minimum Gasteiger partial charge on any atom is -0.497 e. The first-order valence-electron chi connectivity index (χ1n) is 6.06. The highest BCUT2D eigenvalue weighted by Crippen LogP contribution is 2.35. The summed E-state index contributed by atoms with van der Waals surface area (Å²) in [7, 11) is 1.60. The zero-order valence-corrected chi connectivity index (χ0v) is 14.0. The molecule has 3 rings (SSSR count). The monoisotopic (exact) mass is 382 g/mol. The van der Waals surface area contributed by atoms with Gasteiger partial charge in [-0.3, -0.25) is 0 Å². The van der Waals surface area contributed by atoms with Crippen LogP contribution in [0.4, 0.5) is 0 Å². The fourth-order valence-corrected chi connectivity index (χ4v) is 3.26. The number of ether oxygens (including phenoxy) is 1. The molecule has 3 aromatic rings. The highest BCUT2D eigenvalue weighted by molar-refractivity contribution is 9.10. The van der Waals surface area contributed by atoms with Crippen LogP contribution in [-0.4, -0.2) is 17.1 Å². The minimum absolute atomic E-state index is 0.365. The molecule has 6 heteroatoms. The molecule has 0 saturated carbocycles. The maximum absolute atomic E-state index is 6.30. The molecule has 0 aliphatic rings. The molecule has 3 nitrogen and oxygen atoms in total. The van der Waals surface area contributed by atoms with Gasteiger partial charge in [0.2, 0.25) is 0 Å². The number of nitrogens with zero attached hydrogens (tertiary/aromatic N) is 2. The van der Waals surface area contributed by atoms with E-state index in [9.17, 15) is 0 Å². The van der Waals surface area contributed by atoms with Crippen LogP contribution in [0, 0.1) is 0 Å². The van der Waals surface area contributed by atoms with Crippen molar-refractivity contribution in [2.24, 2.45) is 0 Å². The van der Waals surface area contributed by atoms with Gasteiger partial charge in [-0.05, 0) is 34.1 Å². The van der Waals surface area contributed by atoms with Crippen LogP contribution in [0.15, 0.2) is 40.9 Å². The van der Waals surface area contributed by atoms with Gasteiger partial charge in [0.25, 0.3) is 0 Å². The second-order valence-corrected chi connectivity index (χ2v) is 5.94. The van der Waals surface area contributed by atoms with Crippen molar-refractivity contribution in [3.63, 3.8) is 0 Å². The van der Waals surface area contributed by atoms with Crippen molar-refractivity contribution in [1.82, 2.24) is 9.97 Å². The summed E-state index contributed by atoms with van der Waals surface area (Å²) in [5.74, 6) is 1.17. The molecule has 0 radical (unpaired) electrons. The molecule has 0 N–H and O–H groups in total. The largest absolute Gasteiger partial charge is 0.497 e. The summed E-state index contributed by atoms with van der Waals surface area (Å²) in [4.78, 5) is 8.89. The summed E-state index contributed by atoms with van der Waals surface area (Å²) < 4.78 is 6.04. The number of aromatic nitrogens is 2. The van der Waals surface area contributed by atoms with Gasteiger partial charge in [-0.15, -0.1) is 0 Å². The van der Waals surface area contributed by atoms with Crippen LogP contribution < -0.4 is 4.74 Å². The van der Waals surface area contributed by atoms with Crippen molar-refractivity contribution in [1.29, 1.82) is 0 Å². The molecule has 21 heavy (non-hydrogen) atoms. The Morgan fingerprint density at radius 3 is 2.57 bits per heavy atom. The number of rotatable bonds is 2. The van der Waals surface area contributed by atoms with E-state index in [4.69, 9.17) is 27.9 Å². The zero-order valence-electron chi connectivity index (χ0n) is 10.9. The first kappa shape index (κ1) is 14.6. The SMILES string of the molecule is COc1cc(Br)c2c(Cl)nc(-c3ccccc3Cl)nc2c1. The zero-order chi connectivity index (χ0) is 15.0. The van der Waals surface area contributed by atoms with Gasteiger partial charge < -0.3 is 4.74 Å². The lowest BCUT2D eigenvalue weighted by Gasteiger charge is -2.09. The van der Waals surface area contributed by atoms with Crippen LogP contribution in [-0.2, 0) is 0 Å². The number of hydrogen-bond acceptors (Lipinski definition) is 3. The Balaban J connectivity index is 2.30. The van der Waals surface area contributed by atoms with Crippen molar-refractivity contribution in [3.05, 3.63) is 51.0 Å². The van der Waals surface area contributed by atoms with E-state index >= 15 is 0 Å². The van der Waals surface area contributed by atoms with Crippen molar-refractivity contribution in [2.45, 2.75) is 0 Å². The highest BCUT2D eigenvalue weighted by Gasteiger charge is 2.13. The summed E-state index contributed by atoms with van der Waals surface area (Å²) in [6.45, 7) is 0. The van der Waals surface area contributed by atoms with Crippen LogP contribution >= 0.6 is 39.1 Å². The summed E-state index contributed by atoms with van der Waals surface area (Å²) in [5, 5.41) is 1.69. The standard InChI is InChI=1S/C15H9BrCl2N2O/c1-21-8-6-10(16)13-12(7-8)19-15(20-14(13)18)9-4-2-3-5-11(9)17/h2-7H,1H3. The van der Waals surface area contributed by atoms with Gasteiger partial charge in [-0.2, -0.15) is 0 Å². The van der Waals surface area contributed by atoms with Gasteiger partial charge in [0.15, 0.2) is 5.82 Å². The van der Waals surface area contributed by atoms with E-state index in [1.807, 2.05) is 30.3 Å². The number of methoxy groups -OCH3 is 1. The molecule has 0 bridgehead atoms. The van der Waals surface area contributed by atoms with Crippen molar-refractivity contribution in [3.8, 4) is 17.1 Å². The third-order valence-corrected chi connectivity index (χ3v) is 4.26. The van der Waals surface area contributed by atoms with Gasteiger partial charge in [0.05, 0.1) is 23.0 Å². The maximum atomic E-state index is 6.30. The Morgan fingerprint density at radius 2 is 1.86 bits per heavy atom. The number of fused-ring (bicyclic) bond motifs is 1. The lowest BCUT2D eigenvalue weighted by molar-refractivity contribution is 0.415. The van der Waals surface area contributed by atoms with Gasteiger partial charge in [0, 0.05) is 16.1 Å². The predicted molar refractivity (Wildman–Crippen MR) is 89.2 cm³/mol. The normalized spacial score (nSPS) is 10.9. The van der Waals surface area contributed by atoms with E-state index in [-0.39, 0.29) is 0 Å². The molecule has 2 aromatic carbocycles. The van der Waals surface area contributed by atoms with Crippen LogP contribution in [0.1, 0.15) is 0 Å². The molecular weight excluding hydrogens is 375 g/mol. The Hall–Kier alpha value is -1.36. The van der Waals surface area contributed by atoms with Crippen LogP contribution in [0.5, 0.6) is 5.75 Å². The maximum Gasteiger partial charge on any atom is 0.162 e. The molecule has 0 spiro atoms. The first-order valence-corrected chi connectivity index (χ1v) is 7.60. The van der Waals surface area contributed by atoms with E-state index in [1.54, 1.807) is 13.2 Å². The molecule has 0 atom stereocenters. The summed E-state index contributed by atoms with van der Waals surface area (Å²) in [5.41, 5.74) is 1.43. The summed E-state index contributed by atoms with van der Waals surface area (Å²) in [6.07, 6.45) is 0. The number of halogens is 3. The third kappa shape index (κ3) is 2.71. The molecule has 0 unspecified atom stereocenters. The highest BCUT2D eigenvalue weighted by atomic mass is 79.9. The Labute approximate surface area is 140 Å². The average molecular weight is 384 g/mol. The van der Waals surface area contributed by atoms with Crippen LogP contribution in [0.25, 0.3) is 22.3 Å². The topological polar surface area (TPSA) is 35.0 Å². The average Bonchev–Trinajstić information content (AvgIpc) is 2.46. The fraction of sp³-hybridized carbons (Fsp3) is 0.0667. The fourth-order valence-electron chi connectivity index (χ4n) is 2.03. The molecule has 0 fully saturated rings. The Morgan fingerprint density at radius 1 is 1.10 bits per heavy atom. The molecule has 0 aliphatic heterocycles. The molecular formula is C15H9BrCl2N2O. The molecule has 0 aliphatic carbocycles. The quantitative estimate of drug-likeness (QED) is 0.557. The van der Waals surface area contributed by atoms with E-state index in [0.29, 0.717) is 27.3 Å². The van der Waals surface area contributed by atoms with E-state index in [1.165, 1.54) is 0 Å². The second kappa shape index (κ2) is 5.79. The Bertz CT molecular complexity index is 839. The molecule has 1 heterocycles. The molecule has 0 amide bonds. The Kier molecular flexibility index (Phi) is 4.02. The van der Waals surface area contributed by atoms with E-state index in [2.05, 4.69) is 25.9 Å². The molecule has 1 aromatic heterocycles. The molecule has 0 saturated heterocycles. The number of benzene rings is 2. The smallest absolute Gasteiger partial charge is 0.162 e. The van der Waals surface area contributed by atoms with E-state index < -0.39 is 0 Å². The summed E-state index contributed by atoms with van der Waals surface area (Å²) >= 11 is 16.0. The van der Waals surface area contributed by atoms with Crippen LogP contribution in [0.3, 0.4) is 0 Å². The van der Waals surface area contributed by atoms with Crippen molar-refractivity contribution < 1.29 is 4.74 Å². The first-order chi connectivity index (χ1) is 10.1. The molecule has 106 valence electrons. The van der Waals surface area contributed by atoms with Gasteiger partial charge in [-0.25, -0.2) is 9.97 Å². The third-order valence-electron chi connectivity index (χ3n) is 3.03. The summed E-state index contributed by atoms with van der Waals surface area (Å²) in [6, 6.07) is 11.0. The van der Waals surface area contributed by atoms with Gasteiger partial charge in [0.1, 0.15) is 10.9 Å². The lowest BCUT2D eigenvalue weighted by Crippen LogP contribution is -1.94.